The molecule has 4 heteroatoms. The summed E-state index contributed by atoms with van der Waals surface area (Å²) < 4.78 is 4.74. The van der Waals surface area contributed by atoms with E-state index in [1.165, 1.54) is 12.7 Å². The van der Waals surface area contributed by atoms with Gasteiger partial charge in [-0.05, 0) is 30.2 Å². The Labute approximate surface area is 124 Å². The molecule has 1 unspecified atom stereocenters. The zero-order chi connectivity index (χ0) is 15.2. The second-order valence-electron chi connectivity index (χ2n) is 4.81. The zero-order valence-corrected chi connectivity index (χ0v) is 12.3. The summed E-state index contributed by atoms with van der Waals surface area (Å²) in [4.78, 5) is 11.6. The lowest BCUT2D eigenvalue weighted by molar-refractivity contribution is 0.0601. The molecule has 0 saturated carbocycles. The van der Waals surface area contributed by atoms with Gasteiger partial charge in [-0.2, -0.15) is 0 Å². The van der Waals surface area contributed by atoms with Crippen molar-refractivity contribution in [1.82, 2.24) is 0 Å². The van der Waals surface area contributed by atoms with Crippen LogP contribution in [0.2, 0.25) is 0 Å². The lowest BCUT2D eigenvalue weighted by Crippen LogP contribution is -2.12. The van der Waals surface area contributed by atoms with Gasteiger partial charge in [0.2, 0.25) is 0 Å². The van der Waals surface area contributed by atoms with Crippen LogP contribution in [-0.2, 0) is 4.74 Å². The number of carbonyl (C=O) groups is 1. The Morgan fingerprint density at radius 1 is 1.24 bits per heavy atom. The predicted octanol–water partition coefficient (Wildman–Crippen LogP) is 3.62. The Bertz CT molecular complexity index is 611. The summed E-state index contributed by atoms with van der Waals surface area (Å²) in [6, 6.07) is 15.4. The van der Waals surface area contributed by atoms with E-state index >= 15 is 0 Å². The van der Waals surface area contributed by atoms with Crippen molar-refractivity contribution in [2.24, 2.45) is 0 Å². The molecule has 0 spiro atoms. The van der Waals surface area contributed by atoms with Crippen molar-refractivity contribution in [3.05, 3.63) is 59.7 Å². The highest BCUT2D eigenvalue weighted by Gasteiger charge is 2.13. The lowest BCUT2D eigenvalue weighted by Gasteiger charge is -2.20. The first-order valence-corrected chi connectivity index (χ1v) is 6.95. The molecule has 3 N–H and O–H groups in total. The number of nitrogens with one attached hydrogen (secondary N) is 1. The van der Waals surface area contributed by atoms with Crippen LogP contribution < -0.4 is 11.1 Å². The maximum absolute atomic E-state index is 11.6. The summed E-state index contributed by atoms with van der Waals surface area (Å²) in [6.07, 6.45) is 0.909. The minimum Gasteiger partial charge on any atom is -0.465 e. The minimum atomic E-state index is -0.370. The first kappa shape index (κ1) is 14.9. The van der Waals surface area contributed by atoms with Gasteiger partial charge < -0.3 is 15.8 Å². The van der Waals surface area contributed by atoms with Crippen LogP contribution in [0.15, 0.2) is 48.5 Å². The Balaban J connectivity index is 2.27. The molecule has 4 nitrogen and oxygen atoms in total. The van der Waals surface area contributed by atoms with Gasteiger partial charge in [-0.15, -0.1) is 0 Å². The second kappa shape index (κ2) is 6.79. The van der Waals surface area contributed by atoms with Gasteiger partial charge >= 0.3 is 5.97 Å². The smallest absolute Gasteiger partial charge is 0.337 e. The molecule has 2 rings (SSSR count). The lowest BCUT2D eigenvalue weighted by atomic mass is 10.0. The van der Waals surface area contributed by atoms with E-state index in [4.69, 9.17) is 10.5 Å². The Morgan fingerprint density at radius 2 is 1.95 bits per heavy atom. The first-order valence-electron chi connectivity index (χ1n) is 6.95. The molecule has 110 valence electrons. The first-order chi connectivity index (χ1) is 10.2. The van der Waals surface area contributed by atoms with E-state index in [0.717, 1.165) is 12.1 Å². The monoisotopic (exact) mass is 284 g/mol. The summed E-state index contributed by atoms with van der Waals surface area (Å²) in [5.41, 5.74) is 9.02. The van der Waals surface area contributed by atoms with Crippen LogP contribution >= 0.6 is 0 Å². The molecule has 0 fully saturated rings. The molecule has 0 heterocycles. The summed E-state index contributed by atoms with van der Waals surface area (Å²) in [5, 5.41) is 3.40. The number of anilines is 2. The molecule has 0 radical (unpaired) electrons. The number of nitrogens with two attached hydrogens (primary N) is 1. The molecular formula is C17H20N2O2. The van der Waals surface area contributed by atoms with E-state index in [-0.39, 0.29) is 12.0 Å². The van der Waals surface area contributed by atoms with Gasteiger partial charge in [0.1, 0.15) is 0 Å². The molecule has 1 atom stereocenters. The van der Waals surface area contributed by atoms with Crippen LogP contribution in [0.25, 0.3) is 0 Å². The second-order valence-corrected chi connectivity index (χ2v) is 4.81. The number of hydrogen-bond donors (Lipinski definition) is 2. The molecule has 21 heavy (non-hydrogen) atoms. The summed E-state index contributed by atoms with van der Waals surface area (Å²) >= 11 is 0. The van der Waals surface area contributed by atoms with E-state index in [0.29, 0.717) is 11.3 Å². The van der Waals surface area contributed by atoms with Gasteiger partial charge in [0.15, 0.2) is 0 Å². The fraction of sp³-hybridized carbons (Fsp3) is 0.235. The summed E-state index contributed by atoms with van der Waals surface area (Å²) in [7, 11) is 1.37. The van der Waals surface area contributed by atoms with Crippen molar-refractivity contribution < 1.29 is 9.53 Å². The van der Waals surface area contributed by atoms with Gasteiger partial charge in [-0.25, -0.2) is 4.79 Å². The molecular weight excluding hydrogens is 264 g/mol. The van der Waals surface area contributed by atoms with E-state index in [9.17, 15) is 4.79 Å². The highest BCUT2D eigenvalue weighted by molar-refractivity contribution is 5.92. The standard InChI is InChI=1S/C17H20N2O2/c1-3-15(12-7-5-4-6-8-12)19-16-11-13(17(20)21-2)9-10-14(16)18/h4-11,15,19H,3,18H2,1-2H3. The van der Waals surface area contributed by atoms with Crippen molar-refractivity contribution in [3.63, 3.8) is 0 Å². The fourth-order valence-corrected chi connectivity index (χ4v) is 2.22. The van der Waals surface area contributed by atoms with Crippen molar-refractivity contribution in [1.29, 1.82) is 0 Å². The normalized spacial score (nSPS) is 11.7. The number of carbonyl (C=O) groups excluding carboxylic acids is 1. The molecule has 0 aliphatic carbocycles. The number of benzene rings is 2. The number of esters is 1. The molecule has 0 aliphatic heterocycles. The van der Waals surface area contributed by atoms with Crippen LogP contribution in [0.4, 0.5) is 11.4 Å². The minimum absolute atomic E-state index is 0.140. The Morgan fingerprint density at radius 3 is 2.57 bits per heavy atom. The molecule has 0 amide bonds. The molecule has 0 aliphatic rings. The van der Waals surface area contributed by atoms with Crippen molar-refractivity contribution in [2.45, 2.75) is 19.4 Å². The largest absolute Gasteiger partial charge is 0.465 e. The molecule has 0 saturated heterocycles. The number of hydrogen-bond acceptors (Lipinski definition) is 4. The van der Waals surface area contributed by atoms with Crippen LogP contribution in [0.3, 0.4) is 0 Å². The van der Waals surface area contributed by atoms with Gasteiger partial charge in [-0.1, -0.05) is 37.3 Å². The van der Waals surface area contributed by atoms with Gasteiger partial charge in [0.05, 0.1) is 30.1 Å². The number of ether oxygens (including phenoxy) is 1. The van der Waals surface area contributed by atoms with Crippen molar-refractivity contribution in [3.8, 4) is 0 Å². The molecule has 2 aromatic rings. The van der Waals surface area contributed by atoms with Gasteiger partial charge in [0, 0.05) is 0 Å². The van der Waals surface area contributed by atoms with Crippen LogP contribution in [0, 0.1) is 0 Å². The van der Waals surface area contributed by atoms with E-state index in [1.54, 1.807) is 18.2 Å². The highest BCUT2D eigenvalue weighted by atomic mass is 16.5. The van der Waals surface area contributed by atoms with Gasteiger partial charge in [-0.3, -0.25) is 0 Å². The number of rotatable bonds is 5. The molecule has 0 bridgehead atoms. The Kier molecular flexibility index (Phi) is 4.82. The topological polar surface area (TPSA) is 64.3 Å². The van der Waals surface area contributed by atoms with Crippen molar-refractivity contribution >= 4 is 17.3 Å². The van der Waals surface area contributed by atoms with E-state index < -0.39 is 0 Å². The van der Waals surface area contributed by atoms with Crippen molar-refractivity contribution in [2.75, 3.05) is 18.2 Å². The highest BCUT2D eigenvalue weighted by Crippen LogP contribution is 2.27. The van der Waals surface area contributed by atoms with E-state index in [2.05, 4.69) is 24.4 Å². The fourth-order valence-electron chi connectivity index (χ4n) is 2.22. The molecule has 0 aromatic heterocycles. The third-order valence-electron chi connectivity index (χ3n) is 3.41. The third-order valence-corrected chi connectivity index (χ3v) is 3.41. The quantitative estimate of drug-likeness (QED) is 0.650. The average molecular weight is 284 g/mol. The average Bonchev–Trinajstić information content (AvgIpc) is 2.54. The molecule has 2 aromatic carbocycles. The SMILES string of the molecule is CCC(Nc1cc(C(=O)OC)ccc1N)c1ccccc1. The van der Waals surface area contributed by atoms with Crippen LogP contribution in [-0.4, -0.2) is 13.1 Å². The van der Waals surface area contributed by atoms with Crippen LogP contribution in [0.5, 0.6) is 0 Å². The Hall–Kier alpha value is -2.49. The third kappa shape index (κ3) is 3.54. The van der Waals surface area contributed by atoms with Crippen LogP contribution in [0.1, 0.15) is 35.3 Å². The number of methoxy groups -OCH3 is 1. The number of nitrogen functional groups attached to an aromatic ring is 1. The zero-order valence-electron chi connectivity index (χ0n) is 12.3. The maximum atomic E-state index is 11.6. The summed E-state index contributed by atoms with van der Waals surface area (Å²) in [6.45, 7) is 2.10. The van der Waals surface area contributed by atoms with E-state index in [1.807, 2.05) is 18.2 Å². The summed E-state index contributed by atoms with van der Waals surface area (Å²) in [5.74, 6) is -0.370. The predicted molar refractivity (Wildman–Crippen MR) is 85.3 cm³/mol. The van der Waals surface area contributed by atoms with Gasteiger partial charge in [0.25, 0.3) is 0 Å². The maximum Gasteiger partial charge on any atom is 0.337 e.